The molecule has 1 aromatic carbocycles. The predicted octanol–water partition coefficient (Wildman–Crippen LogP) is 1.98. The van der Waals surface area contributed by atoms with E-state index in [2.05, 4.69) is 12.1 Å². The minimum absolute atomic E-state index is 0.0662. The largest absolute Gasteiger partial charge is 0.486 e. The molecule has 0 spiro atoms. The fourth-order valence-corrected chi connectivity index (χ4v) is 3.15. The number of hydrogen-bond donors (Lipinski definition) is 1. The van der Waals surface area contributed by atoms with Crippen molar-refractivity contribution in [2.45, 2.75) is 36.6 Å². The maximum atomic E-state index is 6.42. The summed E-state index contributed by atoms with van der Waals surface area (Å²) in [6.07, 6.45) is 4.79. The van der Waals surface area contributed by atoms with Crippen LogP contribution in [0, 0.1) is 0 Å². The van der Waals surface area contributed by atoms with Crippen LogP contribution in [0.2, 0.25) is 0 Å². The lowest BCUT2D eigenvalue weighted by Gasteiger charge is -2.26. The van der Waals surface area contributed by atoms with Crippen LogP contribution in [0.3, 0.4) is 0 Å². The average molecular weight is 231 g/mol. The SMILES string of the molecule is NC1(C2(c3ccc4c(c3)OCCO4)CC2)CC1. The molecular formula is C14H17NO2. The fourth-order valence-electron chi connectivity index (χ4n) is 3.15. The summed E-state index contributed by atoms with van der Waals surface area (Å²) in [4.78, 5) is 0. The second kappa shape index (κ2) is 2.96. The van der Waals surface area contributed by atoms with E-state index in [-0.39, 0.29) is 11.0 Å². The Kier molecular flexibility index (Phi) is 1.70. The summed E-state index contributed by atoms with van der Waals surface area (Å²) in [7, 11) is 0. The van der Waals surface area contributed by atoms with Crippen molar-refractivity contribution < 1.29 is 9.47 Å². The highest BCUT2D eigenvalue weighted by molar-refractivity contribution is 5.50. The molecule has 3 aliphatic rings. The zero-order valence-corrected chi connectivity index (χ0v) is 9.87. The summed E-state index contributed by atoms with van der Waals surface area (Å²) < 4.78 is 11.2. The van der Waals surface area contributed by atoms with Crippen molar-refractivity contribution >= 4 is 0 Å². The molecule has 2 N–H and O–H groups in total. The van der Waals surface area contributed by atoms with E-state index in [0.717, 1.165) is 11.5 Å². The molecule has 17 heavy (non-hydrogen) atoms. The van der Waals surface area contributed by atoms with Crippen molar-refractivity contribution in [1.82, 2.24) is 0 Å². The Morgan fingerprint density at radius 2 is 1.65 bits per heavy atom. The minimum atomic E-state index is 0.0662. The first-order valence-corrected chi connectivity index (χ1v) is 6.43. The van der Waals surface area contributed by atoms with Gasteiger partial charge in [0.05, 0.1) is 0 Å². The molecule has 2 saturated carbocycles. The summed E-state index contributed by atoms with van der Waals surface area (Å²) >= 11 is 0. The molecule has 90 valence electrons. The van der Waals surface area contributed by atoms with Gasteiger partial charge in [-0.1, -0.05) is 6.07 Å². The Morgan fingerprint density at radius 1 is 0.941 bits per heavy atom. The van der Waals surface area contributed by atoms with Crippen molar-refractivity contribution in [3.8, 4) is 11.5 Å². The van der Waals surface area contributed by atoms with Gasteiger partial charge in [0, 0.05) is 11.0 Å². The number of nitrogens with two attached hydrogens (primary N) is 1. The van der Waals surface area contributed by atoms with Crippen molar-refractivity contribution in [1.29, 1.82) is 0 Å². The van der Waals surface area contributed by atoms with Gasteiger partial charge in [-0.3, -0.25) is 0 Å². The minimum Gasteiger partial charge on any atom is -0.486 e. The molecule has 3 nitrogen and oxygen atoms in total. The van der Waals surface area contributed by atoms with Crippen LogP contribution in [0.5, 0.6) is 11.5 Å². The quantitative estimate of drug-likeness (QED) is 0.846. The van der Waals surface area contributed by atoms with Crippen molar-refractivity contribution in [3.63, 3.8) is 0 Å². The second-order valence-corrected chi connectivity index (χ2v) is 5.60. The monoisotopic (exact) mass is 231 g/mol. The number of hydrogen-bond acceptors (Lipinski definition) is 3. The van der Waals surface area contributed by atoms with Gasteiger partial charge >= 0.3 is 0 Å². The van der Waals surface area contributed by atoms with Gasteiger partial charge in [0.1, 0.15) is 13.2 Å². The maximum absolute atomic E-state index is 6.42. The van der Waals surface area contributed by atoms with Crippen molar-refractivity contribution in [3.05, 3.63) is 23.8 Å². The summed E-state index contributed by atoms with van der Waals surface area (Å²) in [5.41, 5.74) is 8.08. The van der Waals surface area contributed by atoms with E-state index in [9.17, 15) is 0 Å². The van der Waals surface area contributed by atoms with E-state index in [4.69, 9.17) is 15.2 Å². The van der Waals surface area contributed by atoms with E-state index >= 15 is 0 Å². The van der Waals surface area contributed by atoms with Gasteiger partial charge in [0.2, 0.25) is 0 Å². The molecule has 2 aliphatic carbocycles. The predicted molar refractivity (Wildman–Crippen MR) is 64.5 cm³/mol. The number of rotatable bonds is 2. The highest BCUT2D eigenvalue weighted by Gasteiger charge is 2.64. The van der Waals surface area contributed by atoms with E-state index in [1.165, 1.54) is 31.2 Å². The van der Waals surface area contributed by atoms with Crippen LogP contribution in [0.15, 0.2) is 18.2 Å². The lowest BCUT2D eigenvalue weighted by Crippen LogP contribution is -2.37. The molecule has 0 atom stereocenters. The van der Waals surface area contributed by atoms with Crippen LogP contribution in [-0.4, -0.2) is 18.8 Å². The standard InChI is InChI=1S/C14H17NO2/c15-14(5-6-14)13(3-4-13)10-1-2-11-12(9-10)17-8-7-16-11/h1-2,9H,3-8,15H2. The lowest BCUT2D eigenvalue weighted by molar-refractivity contribution is 0.171. The van der Waals surface area contributed by atoms with Gasteiger partial charge in [-0.15, -0.1) is 0 Å². The van der Waals surface area contributed by atoms with E-state index in [1.54, 1.807) is 0 Å². The first-order valence-electron chi connectivity index (χ1n) is 6.43. The summed E-state index contributed by atoms with van der Waals surface area (Å²) in [5, 5.41) is 0. The van der Waals surface area contributed by atoms with Crippen LogP contribution in [0.25, 0.3) is 0 Å². The molecule has 0 saturated heterocycles. The molecule has 1 aliphatic heterocycles. The molecule has 3 heteroatoms. The molecule has 0 aromatic heterocycles. The Labute approximate surface area is 101 Å². The van der Waals surface area contributed by atoms with Gasteiger partial charge in [-0.05, 0) is 43.4 Å². The van der Waals surface area contributed by atoms with E-state index in [1.807, 2.05) is 6.07 Å². The summed E-state index contributed by atoms with van der Waals surface area (Å²) in [6.45, 7) is 1.30. The van der Waals surface area contributed by atoms with E-state index < -0.39 is 0 Å². The number of ether oxygens (including phenoxy) is 2. The van der Waals surface area contributed by atoms with Gasteiger partial charge in [-0.2, -0.15) is 0 Å². The number of benzene rings is 1. The Balaban J connectivity index is 1.75. The molecular weight excluding hydrogens is 214 g/mol. The summed E-state index contributed by atoms with van der Waals surface area (Å²) in [6, 6.07) is 6.36. The van der Waals surface area contributed by atoms with Gasteiger partial charge in [-0.25, -0.2) is 0 Å². The Hall–Kier alpha value is -1.22. The molecule has 0 radical (unpaired) electrons. The van der Waals surface area contributed by atoms with Gasteiger partial charge < -0.3 is 15.2 Å². The summed E-state index contributed by atoms with van der Waals surface area (Å²) in [5.74, 6) is 1.77. The first kappa shape index (κ1) is 9.77. The van der Waals surface area contributed by atoms with Crippen molar-refractivity contribution in [2.24, 2.45) is 5.73 Å². The maximum Gasteiger partial charge on any atom is 0.161 e. The van der Waals surface area contributed by atoms with Crippen molar-refractivity contribution in [2.75, 3.05) is 13.2 Å². The van der Waals surface area contributed by atoms with Gasteiger partial charge in [0.25, 0.3) is 0 Å². The first-order chi connectivity index (χ1) is 8.24. The second-order valence-electron chi connectivity index (χ2n) is 5.60. The topological polar surface area (TPSA) is 44.5 Å². The smallest absolute Gasteiger partial charge is 0.161 e. The molecule has 0 bridgehead atoms. The third kappa shape index (κ3) is 1.26. The van der Waals surface area contributed by atoms with Crippen LogP contribution < -0.4 is 15.2 Å². The molecule has 4 rings (SSSR count). The third-order valence-electron chi connectivity index (χ3n) is 4.59. The number of fused-ring (bicyclic) bond motifs is 1. The fraction of sp³-hybridized carbons (Fsp3) is 0.571. The van der Waals surface area contributed by atoms with Crippen LogP contribution in [-0.2, 0) is 5.41 Å². The molecule has 2 fully saturated rings. The highest BCUT2D eigenvalue weighted by Crippen LogP contribution is 2.64. The Bertz CT molecular complexity index is 475. The normalized spacial score (nSPS) is 26.4. The lowest BCUT2D eigenvalue weighted by atomic mass is 9.86. The average Bonchev–Trinajstić information content (AvgIpc) is 3.24. The highest BCUT2D eigenvalue weighted by atomic mass is 16.6. The third-order valence-corrected chi connectivity index (χ3v) is 4.59. The molecule has 1 heterocycles. The zero-order valence-electron chi connectivity index (χ0n) is 9.87. The van der Waals surface area contributed by atoms with Crippen LogP contribution >= 0.6 is 0 Å². The Morgan fingerprint density at radius 3 is 2.29 bits per heavy atom. The molecule has 1 aromatic rings. The van der Waals surface area contributed by atoms with Crippen LogP contribution in [0.1, 0.15) is 31.2 Å². The van der Waals surface area contributed by atoms with Crippen LogP contribution in [0.4, 0.5) is 0 Å². The molecule has 0 amide bonds. The molecule has 0 unspecified atom stereocenters. The zero-order chi connectivity index (χ0) is 11.5. The van der Waals surface area contributed by atoms with Gasteiger partial charge in [0.15, 0.2) is 11.5 Å². The van der Waals surface area contributed by atoms with E-state index in [0.29, 0.717) is 13.2 Å².